The normalized spacial score (nSPS) is 19.1. The summed E-state index contributed by atoms with van der Waals surface area (Å²) in [5.41, 5.74) is 0.872. The van der Waals surface area contributed by atoms with E-state index in [0.717, 1.165) is 21.0 Å². The van der Waals surface area contributed by atoms with E-state index in [1.54, 1.807) is 6.08 Å². The van der Waals surface area contributed by atoms with Crippen molar-refractivity contribution in [2.45, 2.75) is 6.42 Å². The molecule has 1 unspecified atom stereocenters. The lowest BCUT2D eigenvalue weighted by atomic mass is 10.1. The van der Waals surface area contributed by atoms with Crippen LogP contribution in [-0.2, 0) is 14.6 Å². The molecule has 4 rings (SSSR count). The van der Waals surface area contributed by atoms with E-state index in [1.807, 2.05) is 36.4 Å². The van der Waals surface area contributed by atoms with E-state index in [4.69, 9.17) is 0 Å². The van der Waals surface area contributed by atoms with Crippen LogP contribution in [0.25, 0.3) is 21.0 Å². The van der Waals surface area contributed by atoms with E-state index >= 15 is 0 Å². The van der Waals surface area contributed by atoms with Gasteiger partial charge in [-0.2, -0.15) is 0 Å². The van der Waals surface area contributed by atoms with Crippen LogP contribution < -0.4 is 5.32 Å². The molecule has 1 aliphatic heterocycles. The van der Waals surface area contributed by atoms with Crippen molar-refractivity contribution < 1.29 is 13.2 Å². The van der Waals surface area contributed by atoms with Crippen LogP contribution in [0, 0.1) is 5.92 Å². The van der Waals surface area contributed by atoms with Crippen LogP contribution in [0.1, 0.15) is 6.42 Å². The zero-order valence-electron chi connectivity index (χ0n) is 12.6. The second kappa shape index (κ2) is 5.68. The Balaban J connectivity index is 1.55. The van der Waals surface area contributed by atoms with Crippen molar-refractivity contribution in [3.05, 3.63) is 47.9 Å². The molecule has 0 radical (unpaired) electrons. The molecular formula is C17H14N2O3S2. The first-order valence-electron chi connectivity index (χ1n) is 7.49. The number of hydrogen-bond donors (Lipinski definition) is 1. The zero-order valence-corrected chi connectivity index (χ0v) is 14.2. The standard InChI is InChI=1S/C17H14N2O3S2/c20-15(9-11-7-8-24(21,22)10-11)18-17-19-16-13-4-2-1-3-12(13)5-6-14(16)23-17/h1-8,11H,9-10H2,(H,18,19,20). The largest absolute Gasteiger partial charge is 0.302 e. The van der Waals surface area contributed by atoms with Gasteiger partial charge in [-0.1, -0.05) is 47.7 Å². The molecule has 1 amide bonds. The number of amides is 1. The van der Waals surface area contributed by atoms with Gasteiger partial charge in [0.25, 0.3) is 0 Å². The fraction of sp³-hybridized carbons (Fsp3) is 0.176. The Hall–Kier alpha value is -2.25. The van der Waals surface area contributed by atoms with Crippen LogP contribution in [-0.4, -0.2) is 25.1 Å². The minimum absolute atomic E-state index is 0.00486. The Kier molecular flexibility index (Phi) is 3.62. The van der Waals surface area contributed by atoms with E-state index < -0.39 is 9.84 Å². The number of anilines is 1. The van der Waals surface area contributed by atoms with Gasteiger partial charge in [0.2, 0.25) is 5.91 Å². The summed E-state index contributed by atoms with van der Waals surface area (Å²) in [7, 11) is -3.13. The summed E-state index contributed by atoms with van der Waals surface area (Å²) in [5, 5.41) is 6.68. The second-order valence-electron chi connectivity index (χ2n) is 5.82. The first kappa shape index (κ1) is 15.3. The monoisotopic (exact) mass is 358 g/mol. The zero-order chi connectivity index (χ0) is 16.7. The van der Waals surface area contributed by atoms with Crippen LogP contribution in [0.5, 0.6) is 0 Å². The third-order valence-electron chi connectivity index (χ3n) is 3.98. The molecule has 2 heterocycles. The highest BCUT2D eigenvalue weighted by atomic mass is 32.2. The van der Waals surface area contributed by atoms with Gasteiger partial charge in [0.05, 0.1) is 16.0 Å². The summed E-state index contributed by atoms with van der Waals surface area (Å²) in [4.78, 5) is 16.7. The molecule has 122 valence electrons. The molecule has 1 aromatic heterocycles. The van der Waals surface area contributed by atoms with Crippen molar-refractivity contribution >= 4 is 53.2 Å². The van der Waals surface area contributed by atoms with E-state index in [9.17, 15) is 13.2 Å². The lowest BCUT2D eigenvalue weighted by molar-refractivity contribution is -0.116. The quantitative estimate of drug-likeness (QED) is 0.779. The van der Waals surface area contributed by atoms with E-state index in [0.29, 0.717) is 5.13 Å². The van der Waals surface area contributed by atoms with Crippen molar-refractivity contribution in [2.75, 3.05) is 11.1 Å². The predicted octanol–water partition coefficient (Wildman–Crippen LogP) is 3.34. The summed E-state index contributed by atoms with van der Waals surface area (Å²) >= 11 is 1.42. The number of carbonyl (C=O) groups excluding carboxylic acids is 1. The van der Waals surface area contributed by atoms with Crippen LogP contribution >= 0.6 is 11.3 Å². The number of hydrogen-bond acceptors (Lipinski definition) is 5. The maximum Gasteiger partial charge on any atom is 0.226 e. The third kappa shape index (κ3) is 2.92. The van der Waals surface area contributed by atoms with Crippen molar-refractivity contribution in [1.82, 2.24) is 4.98 Å². The van der Waals surface area contributed by atoms with Gasteiger partial charge in [-0.05, 0) is 11.5 Å². The van der Waals surface area contributed by atoms with Gasteiger partial charge in [0.15, 0.2) is 15.0 Å². The number of aromatic nitrogens is 1. The van der Waals surface area contributed by atoms with Crippen LogP contribution in [0.4, 0.5) is 5.13 Å². The number of sulfone groups is 1. The molecule has 1 atom stereocenters. The topological polar surface area (TPSA) is 76.1 Å². The number of carbonyl (C=O) groups is 1. The molecule has 2 aromatic carbocycles. The summed E-state index contributed by atoms with van der Waals surface area (Å²) in [6.45, 7) is 0. The highest BCUT2D eigenvalue weighted by Crippen LogP contribution is 2.32. The van der Waals surface area contributed by atoms with Crippen LogP contribution in [0.2, 0.25) is 0 Å². The lowest BCUT2D eigenvalue weighted by Crippen LogP contribution is -2.17. The smallest absolute Gasteiger partial charge is 0.226 e. The Morgan fingerprint density at radius 2 is 2.08 bits per heavy atom. The molecule has 3 aromatic rings. The molecule has 0 aliphatic carbocycles. The molecule has 0 spiro atoms. The lowest BCUT2D eigenvalue weighted by Gasteiger charge is -2.05. The minimum Gasteiger partial charge on any atom is -0.302 e. The van der Waals surface area contributed by atoms with Gasteiger partial charge in [-0.25, -0.2) is 13.4 Å². The molecule has 0 bridgehead atoms. The van der Waals surface area contributed by atoms with Gasteiger partial charge < -0.3 is 5.32 Å². The molecule has 24 heavy (non-hydrogen) atoms. The van der Waals surface area contributed by atoms with E-state index in [2.05, 4.69) is 10.3 Å². The molecule has 1 N–H and O–H groups in total. The molecule has 0 saturated heterocycles. The van der Waals surface area contributed by atoms with E-state index in [-0.39, 0.29) is 24.0 Å². The average molecular weight is 358 g/mol. The van der Waals surface area contributed by atoms with Gasteiger partial charge >= 0.3 is 0 Å². The first-order chi connectivity index (χ1) is 11.5. The SMILES string of the molecule is O=C(CC1C=CS(=O)(=O)C1)Nc1nc2c(ccc3ccccc32)s1. The maximum atomic E-state index is 12.1. The van der Waals surface area contributed by atoms with Gasteiger partial charge in [-0.3, -0.25) is 4.79 Å². The highest BCUT2D eigenvalue weighted by molar-refractivity contribution is 7.94. The van der Waals surface area contributed by atoms with Crippen molar-refractivity contribution in [1.29, 1.82) is 0 Å². The number of allylic oxidation sites excluding steroid dienone is 1. The number of nitrogens with one attached hydrogen (secondary N) is 1. The molecule has 0 fully saturated rings. The minimum atomic E-state index is -3.13. The summed E-state index contributed by atoms with van der Waals surface area (Å²) < 4.78 is 23.8. The van der Waals surface area contributed by atoms with Crippen molar-refractivity contribution in [3.8, 4) is 0 Å². The van der Waals surface area contributed by atoms with Gasteiger partial charge in [0, 0.05) is 23.1 Å². The highest BCUT2D eigenvalue weighted by Gasteiger charge is 2.24. The Bertz CT molecular complexity index is 1080. The predicted molar refractivity (Wildman–Crippen MR) is 96.8 cm³/mol. The van der Waals surface area contributed by atoms with Crippen LogP contribution in [0.3, 0.4) is 0 Å². The fourth-order valence-corrected chi connectivity index (χ4v) is 5.19. The molecular weight excluding hydrogens is 344 g/mol. The van der Waals surface area contributed by atoms with E-state index in [1.165, 1.54) is 16.7 Å². The summed E-state index contributed by atoms with van der Waals surface area (Å²) in [6, 6.07) is 12.0. The maximum absolute atomic E-state index is 12.1. The molecule has 7 heteroatoms. The number of benzene rings is 2. The fourth-order valence-electron chi connectivity index (χ4n) is 2.89. The molecule has 1 aliphatic rings. The van der Waals surface area contributed by atoms with Gasteiger partial charge in [0.1, 0.15) is 0 Å². The number of rotatable bonds is 3. The summed E-state index contributed by atoms with van der Waals surface area (Å²) in [5.74, 6) is -0.472. The summed E-state index contributed by atoms with van der Waals surface area (Å²) in [6.07, 6.45) is 1.73. The molecule has 0 saturated carbocycles. The van der Waals surface area contributed by atoms with Crippen molar-refractivity contribution in [2.24, 2.45) is 5.92 Å². The third-order valence-corrected chi connectivity index (χ3v) is 6.38. The first-order valence-corrected chi connectivity index (χ1v) is 10.0. The number of fused-ring (bicyclic) bond motifs is 3. The average Bonchev–Trinajstić information content (AvgIpc) is 3.09. The Labute approximate surface area is 142 Å². The Morgan fingerprint density at radius 1 is 1.25 bits per heavy atom. The van der Waals surface area contributed by atoms with Crippen molar-refractivity contribution in [3.63, 3.8) is 0 Å². The Morgan fingerprint density at radius 3 is 2.88 bits per heavy atom. The second-order valence-corrected chi connectivity index (χ2v) is 8.78. The van der Waals surface area contributed by atoms with Crippen LogP contribution in [0.15, 0.2) is 47.9 Å². The molecule has 5 nitrogen and oxygen atoms in total. The van der Waals surface area contributed by atoms with Gasteiger partial charge in [-0.15, -0.1) is 0 Å². The number of nitrogens with zero attached hydrogens (tertiary/aromatic N) is 1. The number of thiazole rings is 1.